The number of para-hydroxylation sites is 1. The van der Waals surface area contributed by atoms with Gasteiger partial charge in [0.1, 0.15) is 5.60 Å². The van der Waals surface area contributed by atoms with Crippen molar-refractivity contribution in [3.8, 4) is 0 Å². The van der Waals surface area contributed by atoms with E-state index in [-0.39, 0.29) is 18.1 Å². The molecule has 0 saturated heterocycles. The van der Waals surface area contributed by atoms with E-state index in [1.54, 1.807) is 0 Å². The minimum atomic E-state index is -1.35. The first-order valence-electron chi connectivity index (χ1n) is 8.32. The van der Waals surface area contributed by atoms with Crippen molar-refractivity contribution >= 4 is 28.3 Å². The summed E-state index contributed by atoms with van der Waals surface area (Å²) in [4.78, 5) is 12.5. The lowest BCUT2D eigenvalue weighted by Gasteiger charge is -2.22. The largest absolute Gasteiger partial charge is 0.383 e. The third-order valence-corrected chi connectivity index (χ3v) is 4.90. The van der Waals surface area contributed by atoms with Gasteiger partial charge < -0.3 is 9.67 Å². The quantitative estimate of drug-likeness (QED) is 0.721. The maximum absolute atomic E-state index is 12.5. The molecular formula is C21H22ClNO2. The first-order chi connectivity index (χ1) is 11.8. The van der Waals surface area contributed by atoms with Gasteiger partial charge in [0.15, 0.2) is 5.78 Å². The van der Waals surface area contributed by atoms with Gasteiger partial charge in [0.2, 0.25) is 0 Å². The second kappa shape index (κ2) is 6.66. The van der Waals surface area contributed by atoms with Gasteiger partial charge in [-0.05, 0) is 43.2 Å². The molecule has 3 aromatic rings. The van der Waals surface area contributed by atoms with E-state index in [4.69, 9.17) is 11.6 Å². The molecule has 0 saturated carbocycles. The Kier molecular flexibility index (Phi) is 4.72. The second-order valence-electron chi connectivity index (χ2n) is 7.00. The van der Waals surface area contributed by atoms with Crippen LogP contribution in [-0.4, -0.2) is 21.1 Å². The average molecular weight is 356 g/mol. The molecular weight excluding hydrogens is 334 g/mol. The zero-order chi connectivity index (χ0) is 18.2. The van der Waals surface area contributed by atoms with Gasteiger partial charge in [-0.3, -0.25) is 4.79 Å². The van der Waals surface area contributed by atoms with Crippen molar-refractivity contribution in [2.75, 3.05) is 0 Å². The van der Waals surface area contributed by atoms with Crippen LogP contribution in [0.25, 0.3) is 10.9 Å². The zero-order valence-electron chi connectivity index (χ0n) is 14.7. The molecule has 1 heterocycles. The highest BCUT2D eigenvalue weighted by atomic mass is 35.5. The summed E-state index contributed by atoms with van der Waals surface area (Å²) in [5.41, 5.74) is 1.86. The normalized spacial score (nSPS) is 13.2. The van der Waals surface area contributed by atoms with Gasteiger partial charge in [-0.15, -0.1) is 0 Å². The lowest BCUT2D eigenvalue weighted by Crippen LogP contribution is -2.32. The molecule has 0 bridgehead atoms. The fourth-order valence-corrected chi connectivity index (χ4v) is 3.31. The van der Waals surface area contributed by atoms with Crippen molar-refractivity contribution in [2.24, 2.45) is 7.05 Å². The first-order valence-corrected chi connectivity index (χ1v) is 8.70. The Hall–Kier alpha value is -2.10. The number of aromatic nitrogens is 1. The maximum Gasteiger partial charge on any atom is 0.164 e. The molecule has 130 valence electrons. The Morgan fingerprint density at radius 1 is 1.16 bits per heavy atom. The Morgan fingerprint density at radius 2 is 1.80 bits per heavy atom. The zero-order valence-corrected chi connectivity index (χ0v) is 15.4. The van der Waals surface area contributed by atoms with Crippen LogP contribution in [0.4, 0.5) is 0 Å². The van der Waals surface area contributed by atoms with Gasteiger partial charge in [-0.1, -0.05) is 41.9 Å². The number of fused-ring (bicyclic) bond motifs is 1. The summed E-state index contributed by atoms with van der Waals surface area (Å²) in [5.74, 6) is -0.317. The number of ketones is 1. The molecule has 1 unspecified atom stereocenters. The van der Waals surface area contributed by atoms with Crippen molar-refractivity contribution in [3.05, 3.63) is 70.9 Å². The molecule has 4 heteroatoms. The van der Waals surface area contributed by atoms with E-state index in [1.165, 1.54) is 13.8 Å². The molecule has 1 aromatic heterocycles. The highest BCUT2D eigenvalue weighted by Crippen LogP contribution is 2.36. The van der Waals surface area contributed by atoms with Crippen LogP contribution in [0.1, 0.15) is 37.3 Å². The topological polar surface area (TPSA) is 42.2 Å². The maximum atomic E-state index is 12.5. The SMILES string of the molecule is Cn1cc(C(CC(=O)C(C)(C)O)c2ccc(Cl)cc2)c2ccccc21. The Bertz CT molecular complexity index is 904. The highest BCUT2D eigenvalue weighted by Gasteiger charge is 2.29. The lowest BCUT2D eigenvalue weighted by atomic mass is 9.84. The summed E-state index contributed by atoms with van der Waals surface area (Å²) < 4.78 is 2.07. The van der Waals surface area contributed by atoms with E-state index in [0.29, 0.717) is 5.02 Å². The molecule has 25 heavy (non-hydrogen) atoms. The van der Waals surface area contributed by atoms with E-state index in [9.17, 15) is 9.90 Å². The average Bonchev–Trinajstić information content (AvgIpc) is 2.90. The lowest BCUT2D eigenvalue weighted by molar-refractivity contribution is -0.134. The summed E-state index contributed by atoms with van der Waals surface area (Å²) >= 11 is 6.03. The van der Waals surface area contributed by atoms with Crippen molar-refractivity contribution in [3.63, 3.8) is 0 Å². The predicted molar refractivity (Wildman–Crippen MR) is 102 cm³/mol. The standard InChI is InChI=1S/C21H22ClNO2/c1-21(2,25)20(24)12-17(14-8-10-15(22)11-9-14)18-13-23(3)19-7-5-4-6-16(18)19/h4-11,13,17,25H,12H2,1-3H3. The van der Waals surface area contributed by atoms with Crippen molar-refractivity contribution in [1.82, 2.24) is 4.57 Å². The number of halogens is 1. The highest BCUT2D eigenvalue weighted by molar-refractivity contribution is 6.30. The first kappa shape index (κ1) is 17.7. The van der Waals surface area contributed by atoms with Crippen molar-refractivity contribution < 1.29 is 9.90 Å². The van der Waals surface area contributed by atoms with Crippen molar-refractivity contribution in [2.45, 2.75) is 31.8 Å². The summed E-state index contributed by atoms with van der Waals surface area (Å²) in [6.45, 7) is 3.08. The van der Waals surface area contributed by atoms with Crippen LogP contribution in [0.5, 0.6) is 0 Å². The molecule has 0 fully saturated rings. The summed E-state index contributed by atoms with van der Waals surface area (Å²) in [6.07, 6.45) is 2.31. The summed E-state index contributed by atoms with van der Waals surface area (Å²) in [7, 11) is 2.00. The number of carbonyl (C=O) groups excluding carboxylic acids is 1. The number of carbonyl (C=O) groups is 1. The molecule has 0 amide bonds. The van der Waals surface area contributed by atoms with E-state index in [2.05, 4.69) is 22.9 Å². The van der Waals surface area contributed by atoms with E-state index in [1.807, 2.05) is 43.4 Å². The van der Waals surface area contributed by atoms with Crippen molar-refractivity contribution in [1.29, 1.82) is 0 Å². The minimum Gasteiger partial charge on any atom is -0.383 e. The number of aliphatic hydroxyl groups is 1. The molecule has 2 aromatic carbocycles. The predicted octanol–water partition coefficient (Wildman–Crippen LogP) is 4.69. The number of hydrogen-bond donors (Lipinski definition) is 1. The number of nitrogens with zero attached hydrogens (tertiary/aromatic N) is 1. The molecule has 1 N–H and O–H groups in total. The monoisotopic (exact) mass is 355 g/mol. The third-order valence-electron chi connectivity index (χ3n) is 4.65. The van der Waals surface area contributed by atoms with Crippen LogP contribution in [0.3, 0.4) is 0 Å². The van der Waals surface area contributed by atoms with Gasteiger partial charge in [-0.25, -0.2) is 0 Å². The number of benzene rings is 2. The Morgan fingerprint density at radius 3 is 2.44 bits per heavy atom. The number of hydrogen-bond acceptors (Lipinski definition) is 2. The summed E-state index contributed by atoms with van der Waals surface area (Å²) in [5, 5.41) is 11.9. The van der Waals surface area contributed by atoms with Gasteiger partial charge in [0, 0.05) is 41.5 Å². The molecule has 0 aliphatic carbocycles. The second-order valence-corrected chi connectivity index (χ2v) is 7.44. The summed E-state index contributed by atoms with van der Waals surface area (Å²) in [6, 6.07) is 15.7. The van der Waals surface area contributed by atoms with Crippen LogP contribution >= 0.6 is 11.6 Å². The van der Waals surface area contributed by atoms with E-state index >= 15 is 0 Å². The van der Waals surface area contributed by atoms with Crippen LogP contribution in [-0.2, 0) is 11.8 Å². The fraction of sp³-hybridized carbons (Fsp3) is 0.286. The molecule has 3 rings (SSSR count). The fourth-order valence-electron chi connectivity index (χ4n) is 3.19. The van der Waals surface area contributed by atoms with E-state index < -0.39 is 5.60 Å². The van der Waals surface area contributed by atoms with Gasteiger partial charge >= 0.3 is 0 Å². The van der Waals surface area contributed by atoms with Crippen LogP contribution in [0.2, 0.25) is 5.02 Å². The Balaban J connectivity index is 2.13. The van der Waals surface area contributed by atoms with Crippen LogP contribution in [0, 0.1) is 0 Å². The van der Waals surface area contributed by atoms with Gasteiger partial charge in [0.05, 0.1) is 0 Å². The number of aryl methyl sites for hydroxylation is 1. The molecule has 0 aliphatic rings. The third kappa shape index (κ3) is 3.63. The molecule has 0 spiro atoms. The molecule has 0 radical (unpaired) electrons. The molecule has 1 atom stereocenters. The number of rotatable bonds is 5. The Labute approximate surface area is 152 Å². The van der Waals surface area contributed by atoms with E-state index in [0.717, 1.165) is 22.0 Å². The van der Waals surface area contributed by atoms with Crippen LogP contribution in [0.15, 0.2) is 54.7 Å². The smallest absolute Gasteiger partial charge is 0.164 e. The molecule has 0 aliphatic heterocycles. The minimum absolute atomic E-state index is 0.137. The van der Waals surface area contributed by atoms with Crippen LogP contribution < -0.4 is 0 Å². The molecule has 3 nitrogen and oxygen atoms in total. The van der Waals surface area contributed by atoms with Gasteiger partial charge in [-0.2, -0.15) is 0 Å². The number of Topliss-reactive ketones (excluding diaryl/α,β-unsaturated/α-hetero) is 1. The van der Waals surface area contributed by atoms with Gasteiger partial charge in [0.25, 0.3) is 0 Å².